The minimum atomic E-state index is -0.0283. The Hall–Kier alpha value is -1.95. The van der Waals surface area contributed by atoms with Crippen LogP contribution < -0.4 is 5.32 Å². The number of nitrogens with one attached hydrogen (secondary N) is 2. The fourth-order valence-electron chi connectivity index (χ4n) is 3.07. The minimum Gasteiger partial charge on any atom is -0.341 e. The van der Waals surface area contributed by atoms with Gasteiger partial charge < -0.3 is 15.2 Å². The Morgan fingerprint density at radius 2 is 2.17 bits per heavy atom. The van der Waals surface area contributed by atoms with E-state index >= 15 is 0 Å². The number of nitrogens with zero attached hydrogens (tertiary/aromatic N) is 2. The number of amides is 2. The van der Waals surface area contributed by atoms with Crippen LogP contribution in [0.2, 0.25) is 0 Å². The van der Waals surface area contributed by atoms with Gasteiger partial charge in [0.2, 0.25) is 0 Å². The maximum atomic E-state index is 12.3. The van der Waals surface area contributed by atoms with Gasteiger partial charge in [0.05, 0.1) is 18.4 Å². The number of rotatable bonds is 5. The fraction of sp³-hybridized carbons (Fsp3) is 0.444. The van der Waals surface area contributed by atoms with Crippen LogP contribution in [0.25, 0.3) is 11.3 Å². The average Bonchev–Trinajstić information content (AvgIpc) is 3.25. The van der Waals surface area contributed by atoms with Crippen LogP contribution in [0.3, 0.4) is 0 Å². The molecule has 1 aromatic heterocycles. The zero-order valence-corrected chi connectivity index (χ0v) is 15.0. The first kappa shape index (κ1) is 16.9. The molecule has 6 heteroatoms. The van der Waals surface area contributed by atoms with Gasteiger partial charge in [0.25, 0.3) is 0 Å². The van der Waals surface area contributed by atoms with Crippen molar-refractivity contribution in [2.45, 2.75) is 37.1 Å². The van der Waals surface area contributed by atoms with Gasteiger partial charge in [-0.2, -0.15) is 11.8 Å². The number of thioether (sulfide) groups is 1. The molecule has 24 heavy (non-hydrogen) atoms. The molecule has 2 N–H and O–H groups in total. The zero-order valence-electron chi connectivity index (χ0n) is 14.2. The predicted octanol–water partition coefficient (Wildman–Crippen LogP) is 3.50. The lowest BCUT2D eigenvalue weighted by Crippen LogP contribution is -2.42. The third-order valence-electron chi connectivity index (χ3n) is 4.49. The van der Waals surface area contributed by atoms with Crippen molar-refractivity contribution in [2.24, 2.45) is 0 Å². The molecule has 2 atom stereocenters. The topological polar surface area (TPSA) is 61.0 Å². The molecule has 128 valence electrons. The number of aromatic nitrogens is 2. The Morgan fingerprint density at radius 3 is 2.88 bits per heavy atom. The molecule has 1 aliphatic carbocycles. The molecule has 5 nitrogen and oxygen atoms in total. The van der Waals surface area contributed by atoms with Gasteiger partial charge in [-0.25, -0.2) is 9.78 Å². The molecule has 0 radical (unpaired) electrons. The molecule has 0 unspecified atom stereocenters. The van der Waals surface area contributed by atoms with Crippen molar-refractivity contribution >= 4 is 17.8 Å². The van der Waals surface area contributed by atoms with Crippen molar-refractivity contribution in [1.82, 2.24) is 20.2 Å². The summed E-state index contributed by atoms with van der Waals surface area (Å²) in [5.41, 5.74) is 2.07. The molecule has 2 amide bonds. The van der Waals surface area contributed by atoms with Crippen molar-refractivity contribution in [3.05, 3.63) is 42.4 Å². The number of aromatic amines is 1. The summed E-state index contributed by atoms with van der Waals surface area (Å²) in [7, 11) is 1.81. The lowest BCUT2D eigenvalue weighted by atomic mass is 10.2. The second kappa shape index (κ2) is 7.75. The van der Waals surface area contributed by atoms with Crippen LogP contribution in [0.1, 0.15) is 25.1 Å². The van der Waals surface area contributed by atoms with Crippen LogP contribution in [0.15, 0.2) is 36.5 Å². The second-order valence-corrected chi connectivity index (χ2v) is 7.42. The first-order chi connectivity index (χ1) is 11.7. The lowest BCUT2D eigenvalue weighted by molar-refractivity contribution is 0.202. The van der Waals surface area contributed by atoms with E-state index in [1.165, 1.54) is 6.42 Å². The summed E-state index contributed by atoms with van der Waals surface area (Å²) in [6.45, 7) is 0.470. The minimum absolute atomic E-state index is 0.0283. The smallest absolute Gasteiger partial charge is 0.317 e. The molecule has 1 saturated carbocycles. The quantitative estimate of drug-likeness (QED) is 0.873. The Balaban J connectivity index is 1.54. The van der Waals surface area contributed by atoms with Crippen molar-refractivity contribution in [1.29, 1.82) is 0 Å². The van der Waals surface area contributed by atoms with E-state index in [2.05, 4.69) is 21.5 Å². The van der Waals surface area contributed by atoms with Gasteiger partial charge in [-0.3, -0.25) is 0 Å². The van der Waals surface area contributed by atoms with Crippen LogP contribution in [-0.4, -0.2) is 45.5 Å². The third-order valence-corrected chi connectivity index (χ3v) is 5.59. The first-order valence-electron chi connectivity index (χ1n) is 8.29. The van der Waals surface area contributed by atoms with E-state index in [0.717, 1.165) is 29.9 Å². The summed E-state index contributed by atoms with van der Waals surface area (Å²) in [5, 5.41) is 3.81. The molecule has 0 aliphatic heterocycles. The van der Waals surface area contributed by atoms with Gasteiger partial charge in [0.15, 0.2) is 0 Å². The number of H-pyrrole nitrogens is 1. The number of urea groups is 1. The van der Waals surface area contributed by atoms with Gasteiger partial charge in [0.1, 0.15) is 5.82 Å². The van der Waals surface area contributed by atoms with Gasteiger partial charge in [0, 0.05) is 18.3 Å². The van der Waals surface area contributed by atoms with Gasteiger partial charge >= 0.3 is 6.03 Å². The van der Waals surface area contributed by atoms with Crippen molar-refractivity contribution in [3.8, 4) is 11.3 Å². The standard InChI is InChI=1S/C18H24N4OS/c1-22(18(23)20-14-8-9-15(10-14)24-2)12-17-19-11-16(21-17)13-6-4-3-5-7-13/h3-7,11,14-15H,8-10,12H2,1-2H3,(H,19,21)(H,20,23)/t14-,15-/m0/s1. The summed E-state index contributed by atoms with van der Waals surface area (Å²) >= 11 is 1.90. The van der Waals surface area contributed by atoms with Crippen molar-refractivity contribution < 1.29 is 4.79 Å². The molecular formula is C18H24N4OS. The molecule has 1 heterocycles. The van der Waals surface area contributed by atoms with Crippen LogP contribution in [-0.2, 0) is 6.54 Å². The first-order valence-corrected chi connectivity index (χ1v) is 9.58. The Bertz CT molecular complexity index is 673. The van der Waals surface area contributed by atoms with Gasteiger partial charge in [-0.1, -0.05) is 30.3 Å². The van der Waals surface area contributed by atoms with Crippen LogP contribution >= 0.6 is 11.8 Å². The Morgan fingerprint density at radius 1 is 1.38 bits per heavy atom. The van der Waals surface area contributed by atoms with Gasteiger partial charge in [-0.05, 0) is 31.1 Å². The van der Waals surface area contributed by atoms with Crippen LogP contribution in [0, 0.1) is 0 Å². The van der Waals surface area contributed by atoms with Gasteiger partial charge in [-0.15, -0.1) is 0 Å². The fourth-order valence-corrected chi connectivity index (χ4v) is 3.87. The monoisotopic (exact) mass is 344 g/mol. The largest absolute Gasteiger partial charge is 0.341 e. The molecule has 0 saturated heterocycles. The lowest BCUT2D eigenvalue weighted by Gasteiger charge is -2.20. The molecule has 3 rings (SSSR count). The molecule has 1 aromatic carbocycles. The Kier molecular flexibility index (Phi) is 5.45. The van der Waals surface area contributed by atoms with Crippen molar-refractivity contribution in [2.75, 3.05) is 13.3 Å². The summed E-state index contributed by atoms with van der Waals surface area (Å²) in [6.07, 6.45) is 7.29. The number of benzene rings is 1. The molecule has 1 aliphatic rings. The summed E-state index contributed by atoms with van der Waals surface area (Å²) in [5.74, 6) is 0.792. The zero-order chi connectivity index (χ0) is 16.9. The SMILES string of the molecule is CS[C@H]1CC[C@H](NC(=O)N(C)Cc2ncc(-c3ccccc3)[nH]2)C1. The molecular weight excluding hydrogens is 320 g/mol. The highest BCUT2D eigenvalue weighted by Gasteiger charge is 2.26. The van der Waals surface area contributed by atoms with E-state index in [1.807, 2.05) is 48.3 Å². The third kappa shape index (κ3) is 4.12. The van der Waals surface area contributed by atoms with E-state index in [9.17, 15) is 4.79 Å². The molecule has 1 fully saturated rings. The summed E-state index contributed by atoms with van der Waals surface area (Å²) in [4.78, 5) is 21.7. The number of imidazole rings is 1. The number of hydrogen-bond donors (Lipinski definition) is 2. The van der Waals surface area contributed by atoms with E-state index in [1.54, 1.807) is 11.9 Å². The average molecular weight is 344 g/mol. The van der Waals surface area contributed by atoms with E-state index in [0.29, 0.717) is 17.8 Å². The van der Waals surface area contributed by atoms with E-state index in [4.69, 9.17) is 0 Å². The Labute approximate surface area is 147 Å². The maximum Gasteiger partial charge on any atom is 0.317 e. The summed E-state index contributed by atoms with van der Waals surface area (Å²) in [6, 6.07) is 10.3. The second-order valence-electron chi connectivity index (χ2n) is 6.28. The number of carbonyl (C=O) groups is 1. The number of carbonyl (C=O) groups excluding carboxylic acids is 1. The summed E-state index contributed by atoms with van der Waals surface area (Å²) < 4.78 is 0. The van der Waals surface area contributed by atoms with E-state index in [-0.39, 0.29) is 6.03 Å². The molecule has 0 bridgehead atoms. The number of hydrogen-bond acceptors (Lipinski definition) is 3. The van der Waals surface area contributed by atoms with Crippen LogP contribution in [0.5, 0.6) is 0 Å². The highest BCUT2D eigenvalue weighted by atomic mass is 32.2. The normalized spacial score (nSPS) is 20.1. The van der Waals surface area contributed by atoms with Crippen LogP contribution in [0.4, 0.5) is 4.79 Å². The predicted molar refractivity (Wildman–Crippen MR) is 99.0 cm³/mol. The maximum absolute atomic E-state index is 12.3. The molecule has 2 aromatic rings. The highest BCUT2D eigenvalue weighted by molar-refractivity contribution is 7.99. The van der Waals surface area contributed by atoms with E-state index < -0.39 is 0 Å². The van der Waals surface area contributed by atoms with Crippen molar-refractivity contribution in [3.63, 3.8) is 0 Å². The highest BCUT2D eigenvalue weighted by Crippen LogP contribution is 2.28. The molecule has 0 spiro atoms.